The second-order valence-corrected chi connectivity index (χ2v) is 6.86. The molecule has 0 unspecified atom stereocenters. The van der Waals surface area contributed by atoms with E-state index in [0.29, 0.717) is 11.2 Å². The van der Waals surface area contributed by atoms with Gasteiger partial charge in [0.05, 0.1) is 20.6 Å². The van der Waals surface area contributed by atoms with Gasteiger partial charge in [0.2, 0.25) is 0 Å². The van der Waals surface area contributed by atoms with Gasteiger partial charge in [-0.25, -0.2) is 0 Å². The van der Waals surface area contributed by atoms with E-state index in [1.807, 2.05) is 41.3 Å². The smallest absolute Gasteiger partial charge is 0.253 e. The van der Waals surface area contributed by atoms with E-state index in [1.54, 1.807) is 25.6 Å². The van der Waals surface area contributed by atoms with Gasteiger partial charge in [-0.3, -0.25) is 4.79 Å². The molecular formula is C16H16N2O3S2. The number of methoxy groups -OCH3 is 2. The van der Waals surface area contributed by atoms with Crippen molar-refractivity contribution in [3.05, 3.63) is 39.3 Å². The van der Waals surface area contributed by atoms with Crippen LogP contribution in [0.5, 0.6) is 11.5 Å². The first-order valence-electron chi connectivity index (χ1n) is 6.94. The Bertz CT molecular complexity index is 907. The highest BCUT2D eigenvalue weighted by Crippen LogP contribution is 2.34. The Morgan fingerprint density at radius 1 is 1.22 bits per heavy atom. The summed E-state index contributed by atoms with van der Waals surface area (Å²) in [6.45, 7) is 0. The van der Waals surface area contributed by atoms with Gasteiger partial charge in [0, 0.05) is 11.9 Å². The van der Waals surface area contributed by atoms with Crippen molar-refractivity contribution >= 4 is 38.8 Å². The van der Waals surface area contributed by atoms with Crippen molar-refractivity contribution in [3.8, 4) is 11.5 Å². The molecule has 0 aliphatic carbocycles. The van der Waals surface area contributed by atoms with Crippen molar-refractivity contribution in [1.29, 1.82) is 0 Å². The predicted octanol–water partition coefficient (Wildman–Crippen LogP) is 2.99. The highest BCUT2D eigenvalue weighted by atomic mass is 32.1. The number of fused-ring (bicyclic) bond motifs is 1. The molecular weight excluding hydrogens is 332 g/mol. The van der Waals surface area contributed by atoms with Gasteiger partial charge >= 0.3 is 0 Å². The normalized spacial score (nSPS) is 11.9. The molecule has 2 aromatic heterocycles. The predicted molar refractivity (Wildman–Crippen MR) is 92.5 cm³/mol. The molecule has 0 saturated heterocycles. The number of hydrogen-bond donors (Lipinski definition) is 0. The highest BCUT2D eigenvalue weighted by molar-refractivity contribution is 7.16. The number of ether oxygens (including phenoxy) is 2. The number of nitrogens with zero attached hydrogens (tertiary/aromatic N) is 2. The summed E-state index contributed by atoms with van der Waals surface area (Å²) < 4.78 is 13.6. The molecule has 0 aliphatic rings. The Kier molecular flexibility index (Phi) is 4.49. The molecule has 7 heteroatoms. The molecule has 5 nitrogen and oxygen atoms in total. The lowest BCUT2D eigenvalue weighted by atomic mass is 10.3. The van der Waals surface area contributed by atoms with E-state index in [0.717, 1.165) is 26.6 Å². The summed E-state index contributed by atoms with van der Waals surface area (Å²) in [5, 5.41) is 1.96. The molecule has 23 heavy (non-hydrogen) atoms. The maximum atomic E-state index is 12.2. The lowest BCUT2D eigenvalue weighted by Crippen LogP contribution is -2.14. The van der Waals surface area contributed by atoms with E-state index in [1.165, 1.54) is 11.3 Å². The summed E-state index contributed by atoms with van der Waals surface area (Å²) in [6, 6.07) is 7.58. The van der Waals surface area contributed by atoms with Crippen molar-refractivity contribution in [2.24, 2.45) is 12.0 Å². The molecule has 0 saturated carbocycles. The molecule has 0 fully saturated rings. The van der Waals surface area contributed by atoms with Gasteiger partial charge in [0.1, 0.15) is 21.7 Å². The molecule has 0 aliphatic heterocycles. The van der Waals surface area contributed by atoms with Gasteiger partial charge in [0.15, 0.2) is 4.80 Å². The lowest BCUT2D eigenvalue weighted by molar-refractivity contribution is -0.117. The maximum Gasteiger partial charge on any atom is 0.253 e. The number of hydrogen-bond acceptors (Lipinski definition) is 5. The van der Waals surface area contributed by atoms with E-state index in [2.05, 4.69) is 4.99 Å². The molecule has 3 rings (SSSR count). The summed E-state index contributed by atoms with van der Waals surface area (Å²) >= 11 is 2.98. The Balaban J connectivity index is 2.09. The summed E-state index contributed by atoms with van der Waals surface area (Å²) in [6.07, 6.45) is 0.320. The van der Waals surface area contributed by atoms with Gasteiger partial charge in [-0.2, -0.15) is 4.99 Å². The van der Waals surface area contributed by atoms with Crippen molar-refractivity contribution in [2.75, 3.05) is 14.2 Å². The number of aromatic nitrogens is 1. The summed E-state index contributed by atoms with van der Waals surface area (Å²) in [5.41, 5.74) is 0.875. The third-order valence-corrected chi connectivity index (χ3v) is 5.46. The second-order valence-electron chi connectivity index (χ2n) is 4.85. The SMILES string of the molecule is COc1ccc(OC)c2c1sc(=NC(=O)Cc1cccs1)n2C. The van der Waals surface area contributed by atoms with Crippen LogP contribution in [0.4, 0.5) is 0 Å². The van der Waals surface area contributed by atoms with Crippen LogP contribution in [0.3, 0.4) is 0 Å². The Hall–Kier alpha value is -2.12. The quantitative estimate of drug-likeness (QED) is 0.728. The number of carbonyl (C=O) groups is 1. The second kappa shape index (κ2) is 6.55. The van der Waals surface area contributed by atoms with E-state index in [9.17, 15) is 4.79 Å². The number of rotatable bonds is 4. The first-order chi connectivity index (χ1) is 11.1. The average molecular weight is 348 g/mol. The van der Waals surface area contributed by atoms with E-state index in [-0.39, 0.29) is 5.91 Å². The van der Waals surface area contributed by atoms with Crippen molar-refractivity contribution < 1.29 is 14.3 Å². The zero-order chi connectivity index (χ0) is 16.4. The minimum atomic E-state index is -0.160. The van der Waals surface area contributed by atoms with Crippen molar-refractivity contribution in [3.63, 3.8) is 0 Å². The minimum Gasteiger partial charge on any atom is -0.495 e. The average Bonchev–Trinajstić information content (AvgIpc) is 3.16. The van der Waals surface area contributed by atoms with Crippen LogP contribution in [-0.2, 0) is 18.3 Å². The third kappa shape index (κ3) is 3.02. The van der Waals surface area contributed by atoms with E-state index >= 15 is 0 Å². The first-order valence-corrected chi connectivity index (χ1v) is 8.64. The van der Waals surface area contributed by atoms with Crippen LogP contribution in [0.25, 0.3) is 10.2 Å². The van der Waals surface area contributed by atoms with Crippen molar-refractivity contribution in [1.82, 2.24) is 4.57 Å². The van der Waals surface area contributed by atoms with Gasteiger partial charge in [0.25, 0.3) is 5.91 Å². The van der Waals surface area contributed by atoms with Gasteiger partial charge in [-0.1, -0.05) is 17.4 Å². The topological polar surface area (TPSA) is 52.8 Å². The molecule has 1 aromatic carbocycles. The lowest BCUT2D eigenvalue weighted by Gasteiger charge is -2.06. The molecule has 3 aromatic rings. The zero-order valence-corrected chi connectivity index (χ0v) is 14.7. The van der Waals surface area contributed by atoms with Crippen LogP contribution >= 0.6 is 22.7 Å². The van der Waals surface area contributed by atoms with Crippen molar-refractivity contribution in [2.45, 2.75) is 6.42 Å². The van der Waals surface area contributed by atoms with Gasteiger partial charge < -0.3 is 14.0 Å². The number of carbonyl (C=O) groups excluding carboxylic acids is 1. The highest BCUT2D eigenvalue weighted by Gasteiger charge is 2.14. The fourth-order valence-electron chi connectivity index (χ4n) is 2.34. The molecule has 0 N–H and O–H groups in total. The van der Waals surface area contributed by atoms with Crippen LogP contribution in [0.2, 0.25) is 0 Å². The Labute approximate surface area is 141 Å². The summed E-state index contributed by atoms with van der Waals surface area (Å²) in [5.74, 6) is 1.31. The van der Waals surface area contributed by atoms with Gasteiger partial charge in [-0.15, -0.1) is 11.3 Å². The van der Waals surface area contributed by atoms with Crippen LogP contribution in [-0.4, -0.2) is 24.7 Å². The molecule has 0 atom stereocenters. The van der Waals surface area contributed by atoms with E-state index < -0.39 is 0 Å². The monoisotopic (exact) mass is 348 g/mol. The largest absolute Gasteiger partial charge is 0.495 e. The number of thiazole rings is 1. The molecule has 0 radical (unpaired) electrons. The fraction of sp³-hybridized carbons (Fsp3) is 0.250. The zero-order valence-electron chi connectivity index (χ0n) is 13.0. The number of benzene rings is 1. The number of thiophene rings is 1. The first kappa shape index (κ1) is 15.8. The van der Waals surface area contributed by atoms with Crippen LogP contribution in [0.1, 0.15) is 4.88 Å². The van der Waals surface area contributed by atoms with Crippen LogP contribution < -0.4 is 14.3 Å². The van der Waals surface area contributed by atoms with Crippen LogP contribution in [0.15, 0.2) is 34.6 Å². The molecule has 1 amide bonds. The third-order valence-electron chi connectivity index (χ3n) is 3.44. The fourth-order valence-corrected chi connectivity index (χ4v) is 4.18. The van der Waals surface area contributed by atoms with E-state index in [4.69, 9.17) is 9.47 Å². The number of amides is 1. The molecule has 2 heterocycles. The minimum absolute atomic E-state index is 0.160. The maximum absolute atomic E-state index is 12.2. The molecule has 0 bridgehead atoms. The standard InChI is InChI=1S/C16H16N2O3S2/c1-18-14-11(20-2)6-7-12(21-3)15(14)23-16(18)17-13(19)9-10-5-4-8-22-10/h4-8H,9H2,1-3H3. The molecule has 120 valence electrons. The van der Waals surface area contributed by atoms with Gasteiger partial charge in [-0.05, 0) is 23.6 Å². The Morgan fingerprint density at radius 3 is 2.61 bits per heavy atom. The van der Waals surface area contributed by atoms with Crippen LogP contribution in [0, 0.1) is 0 Å². The molecule has 0 spiro atoms. The Morgan fingerprint density at radius 2 is 1.96 bits per heavy atom. The number of aryl methyl sites for hydroxylation is 1. The summed E-state index contributed by atoms with van der Waals surface area (Å²) in [4.78, 5) is 18.1. The summed E-state index contributed by atoms with van der Waals surface area (Å²) in [7, 11) is 5.12.